The minimum absolute atomic E-state index is 0.129. The summed E-state index contributed by atoms with van der Waals surface area (Å²) in [6.45, 7) is 0. The molecule has 110 valence electrons. The van der Waals surface area contributed by atoms with Gasteiger partial charge in [-0.3, -0.25) is 4.79 Å². The van der Waals surface area contributed by atoms with Crippen LogP contribution in [0.1, 0.15) is 5.56 Å². The molecule has 5 nitrogen and oxygen atoms in total. The summed E-state index contributed by atoms with van der Waals surface area (Å²) in [4.78, 5) is 25.4. The number of amides is 3. The van der Waals surface area contributed by atoms with Gasteiger partial charge in [-0.25, -0.2) is 9.69 Å². The zero-order valence-corrected chi connectivity index (χ0v) is 12.0. The molecule has 0 unspecified atom stereocenters. The molecule has 0 radical (unpaired) electrons. The summed E-state index contributed by atoms with van der Waals surface area (Å²) in [5, 5.41) is 12.2. The van der Waals surface area contributed by atoms with Gasteiger partial charge in [-0.15, -0.1) is 0 Å². The summed E-state index contributed by atoms with van der Waals surface area (Å²) in [5.41, 5.74) is 1.26. The molecule has 0 aliphatic carbocycles. The highest BCUT2D eigenvalue weighted by atomic mass is 35.5. The SMILES string of the molecule is O=C1NC(=Cc2ccc(O)cc2)C(=O)N1c1cccc(Cl)c1. The number of anilines is 1. The Morgan fingerprint density at radius 2 is 1.82 bits per heavy atom. The minimum Gasteiger partial charge on any atom is -0.508 e. The molecule has 2 N–H and O–H groups in total. The number of nitrogens with one attached hydrogen (secondary N) is 1. The van der Waals surface area contributed by atoms with E-state index >= 15 is 0 Å². The normalized spacial score (nSPS) is 16.2. The van der Waals surface area contributed by atoms with E-state index in [0.29, 0.717) is 16.3 Å². The van der Waals surface area contributed by atoms with Crippen molar-refractivity contribution in [1.29, 1.82) is 0 Å². The summed E-state index contributed by atoms with van der Waals surface area (Å²) in [5.74, 6) is -0.329. The summed E-state index contributed by atoms with van der Waals surface area (Å²) < 4.78 is 0. The van der Waals surface area contributed by atoms with Crippen molar-refractivity contribution < 1.29 is 14.7 Å². The van der Waals surface area contributed by atoms with Crippen LogP contribution in [0.2, 0.25) is 5.02 Å². The summed E-state index contributed by atoms with van der Waals surface area (Å²) in [7, 11) is 0. The van der Waals surface area contributed by atoms with E-state index in [1.165, 1.54) is 12.1 Å². The second-order valence-corrected chi connectivity index (χ2v) is 5.14. The Bertz CT molecular complexity index is 784. The van der Waals surface area contributed by atoms with Gasteiger partial charge in [0.1, 0.15) is 11.4 Å². The molecule has 0 spiro atoms. The molecule has 0 atom stereocenters. The van der Waals surface area contributed by atoms with E-state index in [4.69, 9.17) is 11.6 Å². The Morgan fingerprint density at radius 3 is 2.50 bits per heavy atom. The lowest BCUT2D eigenvalue weighted by molar-refractivity contribution is -0.113. The van der Waals surface area contributed by atoms with Crippen molar-refractivity contribution >= 4 is 35.3 Å². The number of hydrogen-bond donors (Lipinski definition) is 2. The molecule has 1 heterocycles. The smallest absolute Gasteiger partial charge is 0.333 e. The zero-order chi connectivity index (χ0) is 15.7. The van der Waals surface area contributed by atoms with Crippen LogP contribution in [0.5, 0.6) is 5.75 Å². The molecule has 1 aliphatic rings. The maximum atomic E-state index is 12.4. The van der Waals surface area contributed by atoms with Crippen molar-refractivity contribution in [3.63, 3.8) is 0 Å². The van der Waals surface area contributed by atoms with Crippen molar-refractivity contribution in [3.8, 4) is 5.75 Å². The van der Waals surface area contributed by atoms with Gasteiger partial charge < -0.3 is 10.4 Å². The van der Waals surface area contributed by atoms with E-state index in [1.54, 1.807) is 42.5 Å². The second kappa shape index (κ2) is 5.54. The van der Waals surface area contributed by atoms with Crippen LogP contribution in [-0.4, -0.2) is 17.0 Å². The predicted octanol–water partition coefficient (Wildman–Crippen LogP) is 3.14. The van der Waals surface area contributed by atoms with E-state index in [0.717, 1.165) is 4.90 Å². The van der Waals surface area contributed by atoms with Crippen LogP contribution in [0.25, 0.3) is 6.08 Å². The highest BCUT2D eigenvalue weighted by Crippen LogP contribution is 2.25. The molecule has 3 amide bonds. The van der Waals surface area contributed by atoms with E-state index in [9.17, 15) is 14.7 Å². The Morgan fingerprint density at radius 1 is 1.09 bits per heavy atom. The first-order valence-corrected chi connectivity index (χ1v) is 6.84. The number of carbonyl (C=O) groups is 2. The first-order valence-electron chi connectivity index (χ1n) is 6.46. The Labute approximate surface area is 131 Å². The molecular formula is C16H11ClN2O3. The standard InChI is InChI=1S/C16H11ClN2O3/c17-11-2-1-3-12(9-11)19-15(21)14(18-16(19)22)8-10-4-6-13(20)7-5-10/h1-9,20H,(H,18,22). The van der Waals surface area contributed by atoms with Gasteiger partial charge in [0.2, 0.25) is 0 Å². The molecular weight excluding hydrogens is 304 g/mol. The number of phenolic OH excluding ortho intramolecular Hbond substituents is 1. The van der Waals surface area contributed by atoms with Crippen LogP contribution in [-0.2, 0) is 4.79 Å². The lowest BCUT2D eigenvalue weighted by Gasteiger charge is -2.11. The van der Waals surface area contributed by atoms with Gasteiger partial charge in [-0.05, 0) is 42.0 Å². The molecule has 0 aromatic heterocycles. The van der Waals surface area contributed by atoms with Gasteiger partial charge >= 0.3 is 6.03 Å². The Kier molecular flexibility index (Phi) is 3.56. The molecule has 0 saturated carbocycles. The number of rotatable bonds is 2. The lowest BCUT2D eigenvalue weighted by Crippen LogP contribution is -2.30. The molecule has 1 aliphatic heterocycles. The van der Waals surface area contributed by atoms with Crippen LogP contribution in [0.4, 0.5) is 10.5 Å². The third-order valence-electron chi connectivity index (χ3n) is 3.15. The Hall–Kier alpha value is -2.79. The number of nitrogens with zero attached hydrogens (tertiary/aromatic N) is 1. The van der Waals surface area contributed by atoms with Crippen LogP contribution >= 0.6 is 11.6 Å². The van der Waals surface area contributed by atoms with Crippen molar-refractivity contribution in [2.75, 3.05) is 4.90 Å². The maximum absolute atomic E-state index is 12.4. The van der Waals surface area contributed by atoms with Gasteiger partial charge in [0.25, 0.3) is 5.91 Å². The monoisotopic (exact) mass is 314 g/mol. The molecule has 3 rings (SSSR count). The van der Waals surface area contributed by atoms with Crippen LogP contribution in [0.15, 0.2) is 54.2 Å². The zero-order valence-electron chi connectivity index (χ0n) is 11.3. The Balaban J connectivity index is 1.93. The number of hydrogen-bond acceptors (Lipinski definition) is 3. The van der Waals surface area contributed by atoms with E-state index in [2.05, 4.69) is 5.32 Å². The second-order valence-electron chi connectivity index (χ2n) is 4.70. The van der Waals surface area contributed by atoms with E-state index < -0.39 is 11.9 Å². The van der Waals surface area contributed by atoms with Crippen LogP contribution in [0.3, 0.4) is 0 Å². The summed E-state index contributed by atoms with van der Waals surface area (Å²) >= 11 is 5.89. The van der Waals surface area contributed by atoms with Crippen LogP contribution in [0, 0.1) is 0 Å². The fraction of sp³-hybridized carbons (Fsp3) is 0. The average molecular weight is 315 g/mol. The fourth-order valence-electron chi connectivity index (χ4n) is 2.12. The van der Waals surface area contributed by atoms with Gasteiger partial charge in [-0.2, -0.15) is 0 Å². The average Bonchev–Trinajstić information content (AvgIpc) is 2.76. The number of urea groups is 1. The fourth-order valence-corrected chi connectivity index (χ4v) is 2.31. The molecule has 1 fully saturated rings. The van der Waals surface area contributed by atoms with Crippen molar-refractivity contribution in [2.24, 2.45) is 0 Å². The first-order chi connectivity index (χ1) is 10.5. The van der Waals surface area contributed by atoms with Crippen molar-refractivity contribution in [1.82, 2.24) is 5.32 Å². The molecule has 0 bridgehead atoms. The van der Waals surface area contributed by atoms with Gasteiger partial charge in [-0.1, -0.05) is 29.8 Å². The first kappa shape index (κ1) is 14.2. The molecule has 6 heteroatoms. The largest absolute Gasteiger partial charge is 0.508 e. The van der Waals surface area contributed by atoms with Crippen molar-refractivity contribution in [3.05, 3.63) is 64.8 Å². The molecule has 2 aromatic rings. The van der Waals surface area contributed by atoms with Gasteiger partial charge in [0, 0.05) is 5.02 Å². The topological polar surface area (TPSA) is 69.6 Å². The quantitative estimate of drug-likeness (QED) is 0.661. The molecule has 2 aromatic carbocycles. The number of halogens is 1. The predicted molar refractivity (Wildman–Crippen MR) is 83.6 cm³/mol. The lowest BCUT2D eigenvalue weighted by atomic mass is 10.2. The van der Waals surface area contributed by atoms with Crippen LogP contribution < -0.4 is 10.2 Å². The molecule has 22 heavy (non-hydrogen) atoms. The summed E-state index contributed by atoms with van der Waals surface area (Å²) in [6, 6.07) is 12.3. The molecule has 1 saturated heterocycles. The minimum atomic E-state index is -0.530. The van der Waals surface area contributed by atoms with Crippen molar-refractivity contribution in [2.45, 2.75) is 0 Å². The number of imide groups is 1. The maximum Gasteiger partial charge on any atom is 0.333 e. The highest BCUT2D eigenvalue weighted by molar-refractivity contribution is 6.32. The van der Waals surface area contributed by atoms with Gasteiger partial charge in [0.15, 0.2) is 0 Å². The van der Waals surface area contributed by atoms with Gasteiger partial charge in [0.05, 0.1) is 5.69 Å². The number of aromatic hydroxyl groups is 1. The van der Waals surface area contributed by atoms with E-state index in [1.807, 2.05) is 0 Å². The number of benzene rings is 2. The van der Waals surface area contributed by atoms with E-state index in [-0.39, 0.29) is 11.4 Å². The third kappa shape index (κ3) is 2.66. The number of carbonyl (C=O) groups excluding carboxylic acids is 2. The third-order valence-corrected chi connectivity index (χ3v) is 3.38. The highest BCUT2D eigenvalue weighted by Gasteiger charge is 2.34. The number of phenols is 1. The summed E-state index contributed by atoms with van der Waals surface area (Å²) in [6.07, 6.45) is 1.55.